The normalized spacial score (nSPS) is 20.8. The highest BCUT2D eigenvalue weighted by Gasteiger charge is 2.46. The SMILES string of the molecule is CCN(C(=O)c1cc(F)ccc1Oc1nncnc1N1CC2(CCN(CC3CCN(C(=O)C4CC4)CC3)CC2)C1)C(C)C. The van der Waals surface area contributed by atoms with Crippen LogP contribution in [0.3, 0.4) is 0 Å². The van der Waals surface area contributed by atoms with Crippen LogP contribution in [0.5, 0.6) is 11.6 Å². The third-order valence-electron chi connectivity index (χ3n) is 9.81. The van der Waals surface area contributed by atoms with Gasteiger partial charge in [0.2, 0.25) is 5.91 Å². The minimum atomic E-state index is -0.502. The number of likely N-dealkylation sites (tertiary alicyclic amines) is 2. The van der Waals surface area contributed by atoms with E-state index in [9.17, 15) is 14.0 Å². The number of hydrogen-bond donors (Lipinski definition) is 0. The summed E-state index contributed by atoms with van der Waals surface area (Å²) in [5.41, 5.74) is 0.397. The molecule has 4 aliphatic rings. The van der Waals surface area contributed by atoms with Crippen LogP contribution in [0, 0.1) is 23.1 Å². The molecule has 1 aromatic heterocycles. The highest BCUT2D eigenvalue weighted by atomic mass is 19.1. The number of nitrogens with zero attached hydrogens (tertiary/aromatic N) is 7. The van der Waals surface area contributed by atoms with Gasteiger partial charge in [0, 0.05) is 56.6 Å². The van der Waals surface area contributed by atoms with Gasteiger partial charge in [0.1, 0.15) is 17.9 Å². The second-order valence-electron chi connectivity index (χ2n) is 13.2. The van der Waals surface area contributed by atoms with Crippen molar-refractivity contribution < 1.29 is 18.7 Å². The Labute approximate surface area is 253 Å². The maximum atomic E-state index is 14.2. The first-order valence-electron chi connectivity index (χ1n) is 16.0. The van der Waals surface area contributed by atoms with E-state index in [1.807, 2.05) is 20.8 Å². The molecular formula is C32H44FN7O3. The van der Waals surface area contributed by atoms with E-state index in [0.29, 0.717) is 30.1 Å². The summed E-state index contributed by atoms with van der Waals surface area (Å²) in [5, 5.41) is 8.15. The molecular weight excluding hydrogens is 549 g/mol. The summed E-state index contributed by atoms with van der Waals surface area (Å²) in [6.45, 7) is 13.1. The molecule has 1 spiro atoms. The van der Waals surface area contributed by atoms with E-state index in [1.54, 1.807) is 4.90 Å². The Morgan fingerprint density at radius 2 is 1.81 bits per heavy atom. The van der Waals surface area contributed by atoms with E-state index in [0.717, 1.165) is 84.3 Å². The summed E-state index contributed by atoms with van der Waals surface area (Å²) in [4.78, 5) is 38.7. The number of ether oxygens (including phenoxy) is 1. The van der Waals surface area contributed by atoms with Crippen LogP contribution in [0.4, 0.5) is 10.2 Å². The van der Waals surface area contributed by atoms with Gasteiger partial charge in [-0.15, -0.1) is 10.2 Å². The standard InChI is InChI=1S/C32H44FN7O3/c1-4-40(22(2)3)31(42)26-17-25(33)7-8-27(26)43-29-28(34-21-35-36-29)39-19-32(20-39)11-15-37(16-12-32)18-23-9-13-38(14-10-23)30(41)24-5-6-24/h7-8,17,21-24H,4-6,9-16,18-20H2,1-3H3. The topological polar surface area (TPSA) is 95.0 Å². The highest BCUT2D eigenvalue weighted by Crippen LogP contribution is 2.44. The molecule has 10 nitrogen and oxygen atoms in total. The molecule has 0 unspecified atom stereocenters. The Morgan fingerprint density at radius 3 is 2.47 bits per heavy atom. The fourth-order valence-corrected chi connectivity index (χ4v) is 7.03. The average Bonchev–Trinajstić information content (AvgIpc) is 3.84. The van der Waals surface area contributed by atoms with E-state index in [1.165, 1.54) is 24.5 Å². The zero-order valence-corrected chi connectivity index (χ0v) is 25.7. The van der Waals surface area contributed by atoms with Crippen molar-refractivity contribution in [2.75, 3.05) is 57.3 Å². The summed E-state index contributed by atoms with van der Waals surface area (Å²) in [5.74, 6) is 1.64. The first-order chi connectivity index (χ1) is 20.7. The lowest BCUT2D eigenvalue weighted by Crippen LogP contribution is -2.61. The molecule has 1 saturated carbocycles. The fourth-order valence-electron chi connectivity index (χ4n) is 7.03. The zero-order chi connectivity index (χ0) is 30.1. The molecule has 4 heterocycles. The number of piperidine rings is 2. The molecule has 4 fully saturated rings. The first-order valence-corrected chi connectivity index (χ1v) is 16.0. The summed E-state index contributed by atoms with van der Waals surface area (Å²) in [6.07, 6.45) is 8.08. The maximum absolute atomic E-state index is 14.2. The Morgan fingerprint density at radius 1 is 1.09 bits per heavy atom. The monoisotopic (exact) mass is 593 g/mol. The molecule has 11 heteroatoms. The van der Waals surface area contributed by atoms with Crippen LogP contribution >= 0.6 is 0 Å². The molecule has 43 heavy (non-hydrogen) atoms. The molecule has 2 amide bonds. The summed E-state index contributed by atoms with van der Waals surface area (Å²) in [7, 11) is 0. The lowest BCUT2D eigenvalue weighted by atomic mass is 9.72. The van der Waals surface area contributed by atoms with Crippen molar-refractivity contribution in [3.8, 4) is 11.6 Å². The lowest BCUT2D eigenvalue weighted by Gasteiger charge is -2.54. The second-order valence-corrected chi connectivity index (χ2v) is 13.2. The van der Waals surface area contributed by atoms with Gasteiger partial charge in [0.15, 0.2) is 5.82 Å². The molecule has 0 radical (unpaired) electrons. The summed E-state index contributed by atoms with van der Waals surface area (Å²) in [6, 6.07) is 3.93. The molecule has 6 rings (SSSR count). The van der Waals surface area contributed by atoms with Crippen molar-refractivity contribution in [3.05, 3.63) is 35.9 Å². The lowest BCUT2D eigenvalue weighted by molar-refractivity contribution is -0.134. The minimum Gasteiger partial charge on any atom is -0.434 e. The van der Waals surface area contributed by atoms with Gasteiger partial charge in [-0.25, -0.2) is 9.37 Å². The van der Waals surface area contributed by atoms with E-state index >= 15 is 0 Å². The van der Waals surface area contributed by atoms with E-state index in [4.69, 9.17) is 4.74 Å². The number of carbonyl (C=O) groups is 2. The zero-order valence-electron chi connectivity index (χ0n) is 25.7. The molecule has 3 saturated heterocycles. The molecule has 1 aromatic carbocycles. The molecule has 3 aliphatic heterocycles. The number of rotatable bonds is 9. The second kappa shape index (κ2) is 12.3. The van der Waals surface area contributed by atoms with Gasteiger partial charge < -0.3 is 24.3 Å². The van der Waals surface area contributed by atoms with Gasteiger partial charge >= 0.3 is 0 Å². The third-order valence-corrected chi connectivity index (χ3v) is 9.81. The predicted octanol–water partition coefficient (Wildman–Crippen LogP) is 4.22. The van der Waals surface area contributed by atoms with Crippen LogP contribution in [-0.4, -0.2) is 100 Å². The van der Waals surface area contributed by atoms with Gasteiger partial charge in [0.25, 0.3) is 11.8 Å². The van der Waals surface area contributed by atoms with Gasteiger partial charge in [-0.1, -0.05) is 0 Å². The number of hydrogen-bond acceptors (Lipinski definition) is 8. The molecule has 0 bridgehead atoms. The molecule has 0 atom stereocenters. The number of carbonyl (C=O) groups excluding carboxylic acids is 2. The average molecular weight is 594 g/mol. The van der Waals surface area contributed by atoms with E-state index < -0.39 is 5.82 Å². The van der Waals surface area contributed by atoms with E-state index in [2.05, 4.69) is 29.9 Å². The van der Waals surface area contributed by atoms with Crippen LogP contribution in [-0.2, 0) is 4.79 Å². The highest BCUT2D eigenvalue weighted by molar-refractivity contribution is 5.97. The molecule has 232 valence electrons. The van der Waals surface area contributed by atoms with Crippen LogP contribution in [0.1, 0.15) is 69.7 Å². The molecule has 0 N–H and O–H groups in total. The van der Waals surface area contributed by atoms with Crippen LogP contribution < -0.4 is 9.64 Å². The number of halogens is 1. The Hall–Kier alpha value is -3.34. The Bertz CT molecular complexity index is 1310. The minimum absolute atomic E-state index is 0.0401. The Kier molecular flexibility index (Phi) is 8.53. The van der Waals surface area contributed by atoms with Gasteiger partial charge in [-0.3, -0.25) is 9.59 Å². The smallest absolute Gasteiger partial charge is 0.282 e. The number of aromatic nitrogens is 3. The van der Waals surface area contributed by atoms with Crippen LogP contribution in [0.2, 0.25) is 0 Å². The molecule has 1 aliphatic carbocycles. The van der Waals surface area contributed by atoms with Crippen molar-refractivity contribution >= 4 is 17.6 Å². The Balaban J connectivity index is 1.04. The van der Waals surface area contributed by atoms with Crippen molar-refractivity contribution in [2.24, 2.45) is 17.3 Å². The fraction of sp³-hybridized carbons (Fsp3) is 0.656. The van der Waals surface area contributed by atoms with Crippen molar-refractivity contribution in [1.82, 2.24) is 29.9 Å². The maximum Gasteiger partial charge on any atom is 0.282 e. The van der Waals surface area contributed by atoms with Crippen molar-refractivity contribution in [3.63, 3.8) is 0 Å². The number of benzene rings is 1. The molecule has 2 aromatic rings. The van der Waals surface area contributed by atoms with Gasteiger partial charge in [-0.05, 0) is 96.5 Å². The summed E-state index contributed by atoms with van der Waals surface area (Å²) < 4.78 is 20.4. The van der Waals surface area contributed by atoms with Gasteiger partial charge in [-0.2, -0.15) is 0 Å². The van der Waals surface area contributed by atoms with Crippen LogP contribution in [0.15, 0.2) is 24.5 Å². The quantitative estimate of drug-likeness (QED) is 0.427. The van der Waals surface area contributed by atoms with Crippen molar-refractivity contribution in [2.45, 2.75) is 65.3 Å². The van der Waals surface area contributed by atoms with Gasteiger partial charge in [0.05, 0.1) is 5.56 Å². The third kappa shape index (κ3) is 6.46. The van der Waals surface area contributed by atoms with Crippen LogP contribution in [0.25, 0.3) is 0 Å². The first kappa shape index (κ1) is 29.7. The largest absolute Gasteiger partial charge is 0.434 e. The van der Waals surface area contributed by atoms with Crippen molar-refractivity contribution in [1.29, 1.82) is 0 Å². The summed E-state index contributed by atoms with van der Waals surface area (Å²) >= 11 is 0. The van der Waals surface area contributed by atoms with E-state index in [-0.39, 0.29) is 34.6 Å². The number of amides is 2. The number of anilines is 1. The predicted molar refractivity (Wildman–Crippen MR) is 160 cm³/mol.